The van der Waals surface area contributed by atoms with Crippen molar-refractivity contribution in [1.82, 2.24) is 0 Å². The Hall–Kier alpha value is -2.80. The van der Waals surface area contributed by atoms with E-state index in [1.54, 1.807) is 0 Å². The van der Waals surface area contributed by atoms with Crippen LogP contribution in [0.2, 0.25) is 0 Å². The average molecular weight is 410 g/mol. The van der Waals surface area contributed by atoms with Gasteiger partial charge >= 0.3 is 0 Å². The highest BCUT2D eigenvalue weighted by Gasteiger charge is 2.27. The first kappa shape index (κ1) is 21.4. The van der Waals surface area contributed by atoms with Crippen molar-refractivity contribution in [3.63, 3.8) is 0 Å². The summed E-state index contributed by atoms with van der Waals surface area (Å²) in [6.07, 6.45) is 3.33. The molecular weight excluding hydrogens is 374 g/mol. The Balaban J connectivity index is 1.77. The van der Waals surface area contributed by atoms with E-state index in [0.717, 1.165) is 19.3 Å². The number of nitrogens with one attached hydrogen (secondary N) is 1. The van der Waals surface area contributed by atoms with Crippen LogP contribution in [0.25, 0.3) is 21.5 Å². The molecule has 160 valence electrons. The number of fused-ring (bicyclic) bond motifs is 3. The van der Waals surface area contributed by atoms with E-state index in [0.29, 0.717) is 0 Å². The van der Waals surface area contributed by atoms with Gasteiger partial charge in [0.2, 0.25) is 0 Å². The van der Waals surface area contributed by atoms with Crippen LogP contribution >= 0.6 is 0 Å². The molecule has 1 nitrogen and oxygen atoms in total. The zero-order valence-corrected chi connectivity index (χ0v) is 19.6. The van der Waals surface area contributed by atoms with Crippen LogP contribution < -0.4 is 5.32 Å². The Bertz CT molecular complexity index is 1180. The summed E-state index contributed by atoms with van der Waals surface area (Å²) in [6.45, 7) is 11.6. The first-order chi connectivity index (χ1) is 14.9. The minimum absolute atomic E-state index is 0.140. The van der Waals surface area contributed by atoms with Gasteiger partial charge in [0, 0.05) is 11.1 Å². The molecule has 0 saturated carbocycles. The first-order valence-electron chi connectivity index (χ1n) is 11.7. The topological polar surface area (TPSA) is 12.0 Å². The number of hydrogen-bond acceptors (Lipinski definition) is 1. The SMILES string of the molecule is CCC(C)(CC)c1ccc(C(C)(CC)Nc2cc3ccccc3c3ccccc23)cc1. The second-order valence-electron chi connectivity index (χ2n) is 9.35. The summed E-state index contributed by atoms with van der Waals surface area (Å²) in [5, 5.41) is 9.11. The van der Waals surface area contributed by atoms with Crippen LogP contribution in [0.5, 0.6) is 0 Å². The van der Waals surface area contributed by atoms with E-state index in [1.807, 2.05) is 0 Å². The fourth-order valence-electron chi connectivity index (χ4n) is 4.72. The highest BCUT2D eigenvalue weighted by Crippen LogP contribution is 2.38. The molecule has 1 unspecified atom stereocenters. The van der Waals surface area contributed by atoms with Crippen molar-refractivity contribution in [3.05, 3.63) is 90.0 Å². The predicted molar refractivity (Wildman–Crippen MR) is 137 cm³/mol. The van der Waals surface area contributed by atoms with E-state index in [4.69, 9.17) is 0 Å². The van der Waals surface area contributed by atoms with Gasteiger partial charge in [-0.15, -0.1) is 0 Å². The Morgan fingerprint density at radius 3 is 1.77 bits per heavy atom. The van der Waals surface area contributed by atoms with E-state index in [2.05, 4.69) is 119 Å². The van der Waals surface area contributed by atoms with Crippen molar-refractivity contribution in [2.75, 3.05) is 5.32 Å². The highest BCUT2D eigenvalue weighted by atomic mass is 15.0. The minimum atomic E-state index is -0.140. The normalized spacial score (nSPS) is 14.0. The van der Waals surface area contributed by atoms with Crippen LogP contribution in [0, 0.1) is 0 Å². The second-order valence-corrected chi connectivity index (χ2v) is 9.35. The maximum Gasteiger partial charge on any atom is 0.0594 e. The first-order valence-corrected chi connectivity index (χ1v) is 11.7. The molecule has 1 heteroatoms. The summed E-state index contributed by atoms with van der Waals surface area (Å²) in [4.78, 5) is 0. The molecular formula is C30H35N. The fourth-order valence-corrected chi connectivity index (χ4v) is 4.72. The van der Waals surface area contributed by atoms with Crippen LogP contribution in [-0.4, -0.2) is 0 Å². The molecule has 31 heavy (non-hydrogen) atoms. The van der Waals surface area contributed by atoms with Crippen LogP contribution in [0.4, 0.5) is 5.69 Å². The van der Waals surface area contributed by atoms with Crippen molar-refractivity contribution < 1.29 is 0 Å². The van der Waals surface area contributed by atoms with Crippen LogP contribution in [0.3, 0.4) is 0 Å². The lowest BCUT2D eigenvalue weighted by molar-refractivity contribution is 0.438. The Kier molecular flexibility index (Phi) is 5.79. The Morgan fingerprint density at radius 2 is 1.16 bits per heavy atom. The van der Waals surface area contributed by atoms with Gasteiger partial charge in [0.25, 0.3) is 0 Å². The molecule has 0 spiro atoms. The lowest BCUT2D eigenvalue weighted by Gasteiger charge is -2.34. The van der Waals surface area contributed by atoms with E-state index >= 15 is 0 Å². The van der Waals surface area contributed by atoms with Crippen molar-refractivity contribution in [3.8, 4) is 0 Å². The molecule has 0 saturated heterocycles. The van der Waals surface area contributed by atoms with Gasteiger partial charge in [-0.3, -0.25) is 0 Å². The summed E-state index contributed by atoms with van der Waals surface area (Å²) in [5.74, 6) is 0. The summed E-state index contributed by atoms with van der Waals surface area (Å²) in [5.41, 5.74) is 4.10. The number of rotatable bonds is 7. The van der Waals surface area contributed by atoms with E-state index in [1.165, 1.54) is 38.4 Å². The van der Waals surface area contributed by atoms with E-state index in [-0.39, 0.29) is 11.0 Å². The van der Waals surface area contributed by atoms with Gasteiger partial charge in [0.05, 0.1) is 5.54 Å². The molecule has 0 aromatic heterocycles. The largest absolute Gasteiger partial charge is 0.375 e. The molecule has 0 amide bonds. The van der Waals surface area contributed by atoms with Crippen molar-refractivity contribution >= 4 is 27.2 Å². The molecule has 0 aliphatic rings. The third kappa shape index (κ3) is 3.83. The van der Waals surface area contributed by atoms with Gasteiger partial charge in [-0.1, -0.05) is 100 Å². The lowest BCUT2D eigenvalue weighted by Crippen LogP contribution is -2.31. The van der Waals surface area contributed by atoms with Gasteiger partial charge in [0.15, 0.2) is 0 Å². The molecule has 1 atom stereocenters. The number of hydrogen-bond donors (Lipinski definition) is 1. The molecule has 0 aliphatic heterocycles. The van der Waals surface area contributed by atoms with Gasteiger partial charge in [-0.2, -0.15) is 0 Å². The Labute approximate surface area is 187 Å². The quantitative estimate of drug-likeness (QED) is 0.301. The van der Waals surface area contributed by atoms with Crippen LogP contribution in [-0.2, 0) is 11.0 Å². The molecule has 1 N–H and O–H groups in total. The minimum Gasteiger partial charge on any atom is -0.375 e. The average Bonchev–Trinajstić information content (AvgIpc) is 2.83. The molecule has 0 aliphatic carbocycles. The zero-order chi connectivity index (χ0) is 22.1. The van der Waals surface area contributed by atoms with Crippen molar-refractivity contribution in [1.29, 1.82) is 0 Å². The van der Waals surface area contributed by atoms with Gasteiger partial charge in [-0.05, 0) is 65.0 Å². The van der Waals surface area contributed by atoms with Gasteiger partial charge in [0.1, 0.15) is 0 Å². The molecule has 0 bridgehead atoms. The maximum atomic E-state index is 3.94. The van der Waals surface area contributed by atoms with Crippen molar-refractivity contribution in [2.24, 2.45) is 0 Å². The summed E-state index contributed by atoms with van der Waals surface area (Å²) in [6, 6.07) is 29.1. The number of anilines is 1. The maximum absolute atomic E-state index is 3.94. The van der Waals surface area contributed by atoms with E-state index < -0.39 is 0 Å². The van der Waals surface area contributed by atoms with Gasteiger partial charge < -0.3 is 5.32 Å². The number of benzene rings is 4. The molecule has 4 aromatic carbocycles. The highest BCUT2D eigenvalue weighted by molar-refractivity contribution is 6.13. The zero-order valence-electron chi connectivity index (χ0n) is 19.6. The fraction of sp³-hybridized carbons (Fsp3) is 0.333. The molecule has 0 heterocycles. The monoisotopic (exact) mass is 409 g/mol. The van der Waals surface area contributed by atoms with Crippen LogP contribution in [0.1, 0.15) is 65.0 Å². The predicted octanol–water partition coefficient (Wildman–Crippen LogP) is 8.81. The summed E-state index contributed by atoms with van der Waals surface area (Å²) in [7, 11) is 0. The molecule has 0 radical (unpaired) electrons. The summed E-state index contributed by atoms with van der Waals surface area (Å²) < 4.78 is 0. The third-order valence-electron chi connectivity index (χ3n) is 7.67. The Morgan fingerprint density at radius 1 is 0.613 bits per heavy atom. The van der Waals surface area contributed by atoms with Crippen molar-refractivity contribution in [2.45, 2.75) is 64.8 Å². The molecule has 4 rings (SSSR count). The lowest BCUT2D eigenvalue weighted by atomic mass is 9.77. The second kappa shape index (κ2) is 8.38. The smallest absolute Gasteiger partial charge is 0.0594 e. The van der Waals surface area contributed by atoms with E-state index in [9.17, 15) is 0 Å². The molecule has 0 fully saturated rings. The van der Waals surface area contributed by atoms with Gasteiger partial charge in [-0.25, -0.2) is 0 Å². The van der Waals surface area contributed by atoms with Crippen LogP contribution in [0.15, 0.2) is 78.9 Å². The molecule has 4 aromatic rings. The standard InChI is InChI=1S/C30H35N/c1-6-29(4,7-2)23-17-19-24(20-18-23)30(5,8-3)31-28-21-22-13-9-10-14-25(22)26-15-11-12-16-27(26)28/h9-21,31H,6-8H2,1-5H3. The summed E-state index contributed by atoms with van der Waals surface area (Å²) >= 11 is 0. The third-order valence-corrected chi connectivity index (χ3v) is 7.67.